The van der Waals surface area contributed by atoms with Crippen LogP contribution < -0.4 is 10.6 Å². The summed E-state index contributed by atoms with van der Waals surface area (Å²) in [6, 6.07) is 5.57. The van der Waals surface area contributed by atoms with Crippen molar-refractivity contribution in [2.45, 2.75) is 13.0 Å². The van der Waals surface area contributed by atoms with E-state index in [1.54, 1.807) is 18.2 Å². The maximum absolute atomic E-state index is 12.2. The van der Waals surface area contributed by atoms with Gasteiger partial charge in [-0.2, -0.15) is 0 Å². The number of anilines is 1. The second-order valence-electron chi connectivity index (χ2n) is 5.93. The van der Waals surface area contributed by atoms with Gasteiger partial charge in [0.2, 0.25) is 5.91 Å². The minimum absolute atomic E-state index is 0.00632. The highest BCUT2D eigenvalue weighted by molar-refractivity contribution is 6.42. The van der Waals surface area contributed by atoms with Crippen molar-refractivity contribution in [3.8, 4) is 0 Å². The fourth-order valence-corrected chi connectivity index (χ4v) is 3.72. The van der Waals surface area contributed by atoms with Gasteiger partial charge in [0.25, 0.3) is 0 Å². The molecule has 3 rings (SSSR count). The number of amides is 1. The molecule has 0 radical (unpaired) electrons. The Morgan fingerprint density at radius 1 is 1.38 bits per heavy atom. The predicted molar refractivity (Wildman–Crippen MR) is 86.0 cm³/mol. The van der Waals surface area contributed by atoms with Crippen LogP contribution in [0.3, 0.4) is 0 Å². The molecule has 114 valence electrons. The molecule has 6 heteroatoms. The van der Waals surface area contributed by atoms with E-state index in [9.17, 15) is 4.79 Å². The first-order valence-corrected chi connectivity index (χ1v) is 8.00. The smallest absolute Gasteiger partial charge is 0.238 e. The maximum atomic E-state index is 12.2. The molecule has 2 aliphatic rings. The molecule has 3 atom stereocenters. The summed E-state index contributed by atoms with van der Waals surface area (Å²) in [6.07, 6.45) is 0. The molecule has 2 heterocycles. The number of fused-ring (bicyclic) bond motifs is 1. The van der Waals surface area contributed by atoms with E-state index in [1.165, 1.54) is 0 Å². The fourth-order valence-electron chi connectivity index (χ4n) is 3.42. The van der Waals surface area contributed by atoms with Gasteiger partial charge in [0.15, 0.2) is 0 Å². The zero-order valence-electron chi connectivity index (χ0n) is 11.9. The number of carbonyl (C=O) groups excluding carboxylic acids is 1. The van der Waals surface area contributed by atoms with E-state index < -0.39 is 0 Å². The van der Waals surface area contributed by atoms with Crippen molar-refractivity contribution in [1.82, 2.24) is 10.2 Å². The molecule has 0 spiro atoms. The molecule has 2 fully saturated rings. The van der Waals surface area contributed by atoms with Crippen molar-refractivity contribution in [2.24, 2.45) is 11.8 Å². The summed E-state index contributed by atoms with van der Waals surface area (Å²) in [5, 5.41) is 7.25. The van der Waals surface area contributed by atoms with Gasteiger partial charge < -0.3 is 10.6 Å². The second-order valence-corrected chi connectivity index (χ2v) is 6.74. The summed E-state index contributed by atoms with van der Waals surface area (Å²) < 4.78 is 0. The Morgan fingerprint density at radius 3 is 2.90 bits per heavy atom. The minimum atomic E-state index is -0.00632. The lowest BCUT2D eigenvalue weighted by Gasteiger charge is -2.23. The molecule has 0 bridgehead atoms. The van der Waals surface area contributed by atoms with Gasteiger partial charge in [0.1, 0.15) is 0 Å². The summed E-state index contributed by atoms with van der Waals surface area (Å²) >= 11 is 11.8. The molecule has 0 aromatic heterocycles. The molecule has 0 saturated carbocycles. The van der Waals surface area contributed by atoms with E-state index in [2.05, 4.69) is 22.5 Å². The van der Waals surface area contributed by atoms with Crippen LogP contribution in [-0.4, -0.2) is 43.0 Å². The monoisotopic (exact) mass is 327 g/mol. The first-order chi connectivity index (χ1) is 10.0. The van der Waals surface area contributed by atoms with Crippen molar-refractivity contribution < 1.29 is 4.79 Å². The molecule has 1 aromatic carbocycles. The number of likely N-dealkylation sites (tertiary alicyclic amines) is 1. The maximum Gasteiger partial charge on any atom is 0.238 e. The summed E-state index contributed by atoms with van der Waals surface area (Å²) in [6.45, 7) is 5.77. The van der Waals surface area contributed by atoms with Crippen molar-refractivity contribution in [1.29, 1.82) is 0 Å². The third-order valence-electron chi connectivity index (χ3n) is 4.61. The van der Waals surface area contributed by atoms with E-state index >= 15 is 0 Å². The van der Waals surface area contributed by atoms with Crippen molar-refractivity contribution >= 4 is 34.8 Å². The van der Waals surface area contributed by atoms with Gasteiger partial charge in [-0.05, 0) is 50.0 Å². The van der Waals surface area contributed by atoms with Crippen LogP contribution in [0.4, 0.5) is 5.69 Å². The SMILES string of the molecule is CC1C2CNCC2CN1CC(=O)Nc1ccc(Cl)c(Cl)c1. The standard InChI is InChI=1S/C15H19Cl2N3O/c1-9-12-6-18-5-10(12)7-20(9)8-15(21)19-11-2-3-13(16)14(17)4-11/h2-4,9-10,12,18H,5-8H2,1H3,(H,19,21). The Balaban J connectivity index is 1.58. The number of hydrogen-bond acceptors (Lipinski definition) is 3. The quantitative estimate of drug-likeness (QED) is 0.896. The fraction of sp³-hybridized carbons (Fsp3) is 0.533. The van der Waals surface area contributed by atoms with Gasteiger partial charge in [0.05, 0.1) is 16.6 Å². The Bertz CT molecular complexity index is 552. The molecule has 2 saturated heterocycles. The largest absolute Gasteiger partial charge is 0.325 e. The molecular formula is C15H19Cl2N3O. The molecule has 1 aromatic rings. The van der Waals surface area contributed by atoms with Crippen LogP contribution in [0.5, 0.6) is 0 Å². The Labute approximate surface area is 134 Å². The number of halogens is 2. The number of rotatable bonds is 3. The topological polar surface area (TPSA) is 44.4 Å². The molecule has 2 aliphatic heterocycles. The van der Waals surface area contributed by atoms with E-state index in [-0.39, 0.29) is 5.91 Å². The van der Waals surface area contributed by atoms with Gasteiger partial charge in [-0.1, -0.05) is 23.2 Å². The van der Waals surface area contributed by atoms with Crippen molar-refractivity contribution in [3.05, 3.63) is 28.2 Å². The van der Waals surface area contributed by atoms with Crippen LogP contribution in [0.15, 0.2) is 18.2 Å². The normalized spacial score (nSPS) is 28.6. The lowest BCUT2D eigenvalue weighted by Crippen LogP contribution is -2.38. The van der Waals surface area contributed by atoms with Gasteiger partial charge in [-0.15, -0.1) is 0 Å². The summed E-state index contributed by atoms with van der Waals surface area (Å²) in [4.78, 5) is 14.5. The highest BCUT2D eigenvalue weighted by Crippen LogP contribution is 2.32. The third-order valence-corrected chi connectivity index (χ3v) is 5.35. The average Bonchev–Trinajstić information content (AvgIpc) is 2.99. The van der Waals surface area contributed by atoms with Crippen LogP contribution in [0.2, 0.25) is 10.0 Å². The lowest BCUT2D eigenvalue weighted by molar-refractivity contribution is -0.117. The van der Waals surface area contributed by atoms with Crippen molar-refractivity contribution in [3.63, 3.8) is 0 Å². The Hall–Kier alpha value is -0.810. The zero-order chi connectivity index (χ0) is 15.0. The van der Waals surface area contributed by atoms with Gasteiger partial charge in [-0.3, -0.25) is 9.69 Å². The predicted octanol–water partition coefficient (Wildman–Crippen LogP) is 2.47. The Kier molecular flexibility index (Phi) is 4.41. The van der Waals surface area contributed by atoms with Crippen LogP contribution in [0.1, 0.15) is 6.92 Å². The molecule has 0 aliphatic carbocycles. The number of benzene rings is 1. The number of hydrogen-bond donors (Lipinski definition) is 2. The summed E-state index contributed by atoms with van der Waals surface area (Å²) in [5.74, 6) is 1.34. The van der Waals surface area contributed by atoms with E-state index in [4.69, 9.17) is 23.2 Å². The first-order valence-electron chi connectivity index (χ1n) is 7.24. The second kappa shape index (κ2) is 6.13. The first kappa shape index (κ1) is 15.1. The van der Waals surface area contributed by atoms with Crippen LogP contribution in [-0.2, 0) is 4.79 Å². The number of carbonyl (C=O) groups is 1. The van der Waals surface area contributed by atoms with Gasteiger partial charge in [-0.25, -0.2) is 0 Å². The van der Waals surface area contributed by atoms with Crippen LogP contribution >= 0.6 is 23.2 Å². The molecular weight excluding hydrogens is 309 g/mol. The zero-order valence-corrected chi connectivity index (χ0v) is 13.4. The number of nitrogens with one attached hydrogen (secondary N) is 2. The molecule has 21 heavy (non-hydrogen) atoms. The van der Waals surface area contributed by atoms with E-state index in [1.807, 2.05) is 0 Å². The van der Waals surface area contributed by atoms with Crippen LogP contribution in [0.25, 0.3) is 0 Å². The third kappa shape index (κ3) is 3.19. The van der Waals surface area contributed by atoms with Gasteiger partial charge >= 0.3 is 0 Å². The molecule has 1 amide bonds. The minimum Gasteiger partial charge on any atom is -0.325 e. The van der Waals surface area contributed by atoms with Crippen LogP contribution in [0, 0.1) is 11.8 Å². The van der Waals surface area contributed by atoms with E-state index in [0.717, 1.165) is 19.6 Å². The van der Waals surface area contributed by atoms with E-state index in [0.29, 0.717) is 40.2 Å². The lowest BCUT2D eigenvalue weighted by atomic mass is 9.95. The average molecular weight is 328 g/mol. The van der Waals surface area contributed by atoms with Crippen molar-refractivity contribution in [2.75, 3.05) is 31.5 Å². The number of nitrogens with zero attached hydrogens (tertiary/aromatic N) is 1. The summed E-state index contributed by atoms with van der Waals surface area (Å²) in [5.41, 5.74) is 0.683. The summed E-state index contributed by atoms with van der Waals surface area (Å²) in [7, 11) is 0. The molecule has 3 unspecified atom stereocenters. The Morgan fingerprint density at radius 2 is 2.19 bits per heavy atom. The highest BCUT2D eigenvalue weighted by Gasteiger charge is 2.42. The molecule has 2 N–H and O–H groups in total. The highest BCUT2D eigenvalue weighted by atomic mass is 35.5. The van der Waals surface area contributed by atoms with Gasteiger partial charge in [0, 0.05) is 18.3 Å². The molecule has 4 nitrogen and oxygen atoms in total.